The summed E-state index contributed by atoms with van der Waals surface area (Å²) in [6, 6.07) is 6.11. The Hall–Kier alpha value is -0.770. The third-order valence-electron chi connectivity index (χ3n) is 3.29. The average Bonchev–Trinajstić information content (AvgIpc) is 2.53. The third-order valence-corrected chi connectivity index (χ3v) is 3.62. The summed E-state index contributed by atoms with van der Waals surface area (Å²) in [4.78, 5) is 2.33. The van der Waals surface area contributed by atoms with E-state index in [0.717, 1.165) is 42.4 Å². The van der Waals surface area contributed by atoms with E-state index in [-0.39, 0.29) is 12.1 Å². The summed E-state index contributed by atoms with van der Waals surface area (Å²) >= 11 is 6.28. The van der Waals surface area contributed by atoms with Gasteiger partial charge in [-0.1, -0.05) is 17.7 Å². The van der Waals surface area contributed by atoms with Crippen LogP contribution in [-0.4, -0.2) is 25.8 Å². The molecule has 0 bridgehead atoms. The highest BCUT2D eigenvalue weighted by Gasteiger charge is 2.16. The fourth-order valence-electron chi connectivity index (χ4n) is 2.31. The van der Waals surface area contributed by atoms with Crippen LogP contribution in [-0.2, 0) is 4.74 Å². The van der Waals surface area contributed by atoms with Crippen molar-refractivity contribution in [2.45, 2.75) is 32.4 Å². The molecule has 0 amide bonds. The largest absolute Gasteiger partial charge is 0.377 e. The molecule has 1 aromatic rings. The zero-order valence-corrected chi connectivity index (χ0v) is 11.8. The minimum atomic E-state index is -0.0297. The summed E-state index contributed by atoms with van der Waals surface area (Å²) < 4.78 is 5.65. The second-order valence-electron chi connectivity index (χ2n) is 4.98. The van der Waals surface area contributed by atoms with Gasteiger partial charge in [0.15, 0.2) is 0 Å². The van der Waals surface area contributed by atoms with Gasteiger partial charge in [-0.2, -0.15) is 0 Å². The van der Waals surface area contributed by atoms with Crippen LogP contribution in [0.1, 0.15) is 31.9 Å². The molecule has 2 rings (SSSR count). The van der Waals surface area contributed by atoms with Gasteiger partial charge in [0.2, 0.25) is 0 Å². The van der Waals surface area contributed by atoms with Crippen LogP contribution in [0.5, 0.6) is 0 Å². The molecule has 2 unspecified atom stereocenters. The normalized spacial score (nSPS) is 22.7. The molecular formula is C14H21ClN2O. The molecule has 0 radical (unpaired) electrons. The van der Waals surface area contributed by atoms with Crippen LogP contribution in [0.25, 0.3) is 0 Å². The van der Waals surface area contributed by atoms with Crippen LogP contribution in [0.2, 0.25) is 5.02 Å². The van der Waals surface area contributed by atoms with Crippen LogP contribution in [0.4, 0.5) is 5.69 Å². The van der Waals surface area contributed by atoms with Crippen molar-refractivity contribution < 1.29 is 4.74 Å². The van der Waals surface area contributed by atoms with Crippen molar-refractivity contribution in [1.82, 2.24) is 0 Å². The molecule has 1 aliphatic rings. The molecule has 18 heavy (non-hydrogen) atoms. The summed E-state index contributed by atoms with van der Waals surface area (Å²) in [7, 11) is 0. The first kappa shape index (κ1) is 13.7. The van der Waals surface area contributed by atoms with E-state index < -0.39 is 0 Å². The second kappa shape index (κ2) is 5.91. The highest BCUT2D eigenvalue weighted by atomic mass is 35.5. The molecule has 1 aromatic carbocycles. The average molecular weight is 269 g/mol. The van der Waals surface area contributed by atoms with E-state index in [9.17, 15) is 0 Å². The molecule has 2 N–H and O–H groups in total. The lowest BCUT2D eigenvalue weighted by Crippen LogP contribution is -2.30. The predicted molar refractivity (Wildman–Crippen MR) is 76.3 cm³/mol. The van der Waals surface area contributed by atoms with Crippen LogP contribution < -0.4 is 10.6 Å². The van der Waals surface area contributed by atoms with E-state index >= 15 is 0 Å². The Kier molecular flexibility index (Phi) is 4.49. The van der Waals surface area contributed by atoms with Gasteiger partial charge in [0.25, 0.3) is 0 Å². The quantitative estimate of drug-likeness (QED) is 0.896. The maximum Gasteiger partial charge on any atom is 0.0721 e. The minimum Gasteiger partial charge on any atom is -0.377 e. The Balaban J connectivity index is 2.19. The van der Waals surface area contributed by atoms with Crippen molar-refractivity contribution >= 4 is 17.3 Å². The zero-order valence-electron chi connectivity index (χ0n) is 11.0. The number of rotatable bonds is 2. The summed E-state index contributed by atoms with van der Waals surface area (Å²) in [5.41, 5.74) is 8.03. The standard InChI is InChI=1S/C14H21ClN2O/c1-10-9-17(6-3-7-18-10)12-4-5-13(11(2)16)14(15)8-12/h4-5,8,10-11H,3,6-7,9,16H2,1-2H3. The maximum absolute atomic E-state index is 6.28. The topological polar surface area (TPSA) is 38.5 Å². The van der Waals surface area contributed by atoms with E-state index in [1.54, 1.807) is 0 Å². The first-order valence-electron chi connectivity index (χ1n) is 6.49. The molecule has 1 saturated heterocycles. The van der Waals surface area contributed by atoms with Crippen molar-refractivity contribution in [3.05, 3.63) is 28.8 Å². The van der Waals surface area contributed by atoms with Crippen molar-refractivity contribution in [3.63, 3.8) is 0 Å². The van der Waals surface area contributed by atoms with Gasteiger partial charge in [-0.3, -0.25) is 0 Å². The lowest BCUT2D eigenvalue weighted by atomic mass is 10.1. The number of hydrogen-bond donors (Lipinski definition) is 1. The molecule has 1 fully saturated rings. The van der Waals surface area contributed by atoms with Crippen LogP contribution in [0, 0.1) is 0 Å². The number of nitrogens with two attached hydrogens (primary N) is 1. The van der Waals surface area contributed by atoms with E-state index in [2.05, 4.69) is 17.9 Å². The van der Waals surface area contributed by atoms with Gasteiger partial charge in [-0.25, -0.2) is 0 Å². The fraction of sp³-hybridized carbons (Fsp3) is 0.571. The molecule has 4 heteroatoms. The van der Waals surface area contributed by atoms with E-state index in [0.29, 0.717) is 0 Å². The van der Waals surface area contributed by atoms with Crippen molar-refractivity contribution in [3.8, 4) is 0 Å². The van der Waals surface area contributed by atoms with E-state index in [4.69, 9.17) is 22.1 Å². The zero-order chi connectivity index (χ0) is 13.1. The van der Waals surface area contributed by atoms with Gasteiger partial charge in [-0.15, -0.1) is 0 Å². The summed E-state index contributed by atoms with van der Waals surface area (Å²) in [5.74, 6) is 0. The Morgan fingerprint density at radius 3 is 2.94 bits per heavy atom. The van der Waals surface area contributed by atoms with Gasteiger partial charge >= 0.3 is 0 Å². The van der Waals surface area contributed by atoms with Gasteiger partial charge in [0.05, 0.1) is 6.10 Å². The number of halogens is 1. The number of ether oxygens (including phenoxy) is 1. The monoisotopic (exact) mass is 268 g/mol. The number of nitrogens with zero attached hydrogens (tertiary/aromatic N) is 1. The highest BCUT2D eigenvalue weighted by Crippen LogP contribution is 2.27. The smallest absolute Gasteiger partial charge is 0.0721 e. The van der Waals surface area contributed by atoms with Crippen molar-refractivity contribution in [2.75, 3.05) is 24.6 Å². The van der Waals surface area contributed by atoms with E-state index in [1.807, 2.05) is 19.1 Å². The maximum atomic E-state index is 6.28. The van der Waals surface area contributed by atoms with Gasteiger partial charge in [0.1, 0.15) is 0 Å². The molecule has 0 aliphatic carbocycles. The van der Waals surface area contributed by atoms with E-state index in [1.165, 1.54) is 0 Å². The second-order valence-corrected chi connectivity index (χ2v) is 5.38. The number of hydrogen-bond acceptors (Lipinski definition) is 3. The first-order chi connectivity index (χ1) is 8.58. The summed E-state index contributed by atoms with van der Waals surface area (Å²) in [6.45, 7) is 6.81. The molecule has 1 heterocycles. The highest BCUT2D eigenvalue weighted by molar-refractivity contribution is 6.31. The van der Waals surface area contributed by atoms with Gasteiger partial charge < -0.3 is 15.4 Å². The first-order valence-corrected chi connectivity index (χ1v) is 6.87. The molecule has 3 nitrogen and oxygen atoms in total. The lowest BCUT2D eigenvalue weighted by Gasteiger charge is -2.25. The third kappa shape index (κ3) is 3.16. The Bertz CT molecular complexity index is 409. The van der Waals surface area contributed by atoms with Crippen LogP contribution in [0.3, 0.4) is 0 Å². The van der Waals surface area contributed by atoms with Crippen LogP contribution >= 0.6 is 11.6 Å². The number of anilines is 1. The molecule has 0 spiro atoms. The Labute approximate surface area is 114 Å². The van der Waals surface area contributed by atoms with Crippen molar-refractivity contribution in [1.29, 1.82) is 0 Å². The Morgan fingerprint density at radius 2 is 2.28 bits per heavy atom. The van der Waals surface area contributed by atoms with Gasteiger partial charge in [0, 0.05) is 36.4 Å². The molecule has 2 atom stereocenters. The lowest BCUT2D eigenvalue weighted by molar-refractivity contribution is 0.0821. The molecule has 1 aliphatic heterocycles. The molecule has 100 valence electrons. The number of benzene rings is 1. The SMILES string of the molecule is CC1CN(c2ccc(C(C)N)c(Cl)c2)CCCO1. The van der Waals surface area contributed by atoms with Gasteiger partial charge in [-0.05, 0) is 38.0 Å². The summed E-state index contributed by atoms with van der Waals surface area (Å²) in [6.07, 6.45) is 1.32. The molecule has 0 aromatic heterocycles. The minimum absolute atomic E-state index is 0.0297. The fourth-order valence-corrected chi connectivity index (χ4v) is 2.66. The Morgan fingerprint density at radius 1 is 1.50 bits per heavy atom. The van der Waals surface area contributed by atoms with Crippen LogP contribution in [0.15, 0.2) is 18.2 Å². The summed E-state index contributed by atoms with van der Waals surface area (Å²) in [5, 5.41) is 0.750. The predicted octanol–water partition coefficient (Wildman–Crippen LogP) is 2.97. The van der Waals surface area contributed by atoms with Crippen molar-refractivity contribution in [2.24, 2.45) is 5.73 Å². The molecule has 0 saturated carbocycles. The molecular weight excluding hydrogens is 248 g/mol.